The van der Waals surface area contributed by atoms with Gasteiger partial charge >= 0.3 is 5.97 Å². The van der Waals surface area contributed by atoms with Crippen LogP contribution in [0.4, 0.5) is 0 Å². The molecule has 0 aromatic carbocycles. The van der Waals surface area contributed by atoms with Crippen molar-refractivity contribution in [3.63, 3.8) is 0 Å². The van der Waals surface area contributed by atoms with Gasteiger partial charge in [-0.15, -0.1) is 0 Å². The first-order valence-corrected chi connectivity index (χ1v) is 10.1. The van der Waals surface area contributed by atoms with Crippen molar-refractivity contribution in [1.29, 1.82) is 0 Å². The van der Waals surface area contributed by atoms with E-state index in [4.69, 9.17) is 4.74 Å². The minimum atomic E-state index is -2.95. The molecule has 124 valence electrons. The lowest BCUT2D eigenvalue weighted by atomic mass is 10.1. The molecule has 0 heterocycles. The minimum absolute atomic E-state index is 0.359. The summed E-state index contributed by atoms with van der Waals surface area (Å²) < 4.78 is 16.8. The van der Waals surface area contributed by atoms with Crippen LogP contribution in [0.1, 0.15) is 64.7 Å². The van der Waals surface area contributed by atoms with Crippen molar-refractivity contribution < 1.29 is 19.0 Å². The highest BCUT2D eigenvalue weighted by Crippen LogP contribution is 2.42. The summed E-state index contributed by atoms with van der Waals surface area (Å²) in [5.41, 5.74) is 0. The van der Waals surface area contributed by atoms with Crippen LogP contribution in [-0.2, 0) is 14.1 Å². The molecule has 0 aliphatic rings. The van der Waals surface area contributed by atoms with Crippen LogP contribution in [0.5, 0.6) is 0 Å². The van der Waals surface area contributed by atoms with Crippen LogP contribution in [0.15, 0.2) is 12.7 Å². The van der Waals surface area contributed by atoms with Crippen LogP contribution >= 0.6 is 7.37 Å². The molecule has 21 heavy (non-hydrogen) atoms. The number of carbonyl (C=O) groups is 1. The van der Waals surface area contributed by atoms with Gasteiger partial charge in [0, 0.05) is 18.4 Å². The average Bonchev–Trinajstić information content (AvgIpc) is 2.46. The Balaban J connectivity index is 3.48. The number of hydrogen-bond acceptors (Lipinski definition) is 3. The maximum Gasteiger partial charge on any atom is 0.330 e. The van der Waals surface area contributed by atoms with Crippen molar-refractivity contribution in [2.45, 2.75) is 64.7 Å². The minimum Gasteiger partial charge on any atom is -0.463 e. The van der Waals surface area contributed by atoms with Gasteiger partial charge < -0.3 is 9.63 Å². The molecule has 0 spiro atoms. The first kappa shape index (κ1) is 20.4. The maximum absolute atomic E-state index is 11.9. The van der Waals surface area contributed by atoms with Crippen molar-refractivity contribution in [2.75, 3.05) is 18.9 Å². The lowest BCUT2D eigenvalue weighted by Gasteiger charge is -2.11. The third-order valence-corrected chi connectivity index (χ3v) is 5.45. The summed E-state index contributed by atoms with van der Waals surface area (Å²) in [5, 5.41) is 0. The Morgan fingerprint density at radius 3 is 2.14 bits per heavy atom. The van der Waals surface area contributed by atoms with Gasteiger partial charge in [-0.1, -0.05) is 45.6 Å². The predicted molar refractivity (Wildman–Crippen MR) is 87.9 cm³/mol. The largest absolute Gasteiger partial charge is 0.463 e. The fourth-order valence-corrected chi connectivity index (χ4v) is 3.78. The Kier molecular flexibility index (Phi) is 12.7. The number of esters is 1. The van der Waals surface area contributed by atoms with E-state index in [1.54, 1.807) is 0 Å². The first-order valence-electron chi connectivity index (χ1n) is 8.12. The van der Waals surface area contributed by atoms with E-state index in [1.165, 1.54) is 25.7 Å². The Morgan fingerprint density at radius 1 is 1.05 bits per heavy atom. The third kappa shape index (κ3) is 14.1. The molecule has 0 fully saturated rings. The van der Waals surface area contributed by atoms with Crippen molar-refractivity contribution in [2.24, 2.45) is 0 Å². The Bertz CT molecular complexity index is 328. The molecule has 4 nitrogen and oxygen atoms in total. The van der Waals surface area contributed by atoms with Crippen molar-refractivity contribution in [3.05, 3.63) is 12.7 Å². The van der Waals surface area contributed by atoms with Gasteiger partial charge in [0.15, 0.2) is 0 Å². The van der Waals surface area contributed by atoms with Gasteiger partial charge in [-0.05, 0) is 25.7 Å². The SMILES string of the molecule is C=CC(=O)OCCCCCP(=O)(O)CCCCCCCC. The summed E-state index contributed by atoms with van der Waals surface area (Å²) in [6.45, 7) is 5.86. The molecule has 0 amide bonds. The van der Waals surface area contributed by atoms with E-state index >= 15 is 0 Å². The number of hydrogen-bond donors (Lipinski definition) is 1. The zero-order valence-corrected chi connectivity index (χ0v) is 14.3. The first-order chi connectivity index (χ1) is 10.0. The summed E-state index contributed by atoms with van der Waals surface area (Å²) >= 11 is 0. The third-order valence-electron chi connectivity index (χ3n) is 3.42. The van der Waals surface area contributed by atoms with Gasteiger partial charge in [-0.3, -0.25) is 4.57 Å². The topological polar surface area (TPSA) is 63.6 Å². The molecule has 0 radical (unpaired) electrons. The highest BCUT2D eigenvalue weighted by Gasteiger charge is 2.16. The van der Waals surface area contributed by atoms with E-state index in [0.29, 0.717) is 18.9 Å². The molecular formula is C16H31O4P. The van der Waals surface area contributed by atoms with Crippen LogP contribution in [0.3, 0.4) is 0 Å². The molecule has 0 saturated heterocycles. The van der Waals surface area contributed by atoms with Crippen molar-refractivity contribution in [3.8, 4) is 0 Å². The maximum atomic E-state index is 11.9. The molecule has 5 heteroatoms. The van der Waals surface area contributed by atoms with Crippen LogP contribution in [0.25, 0.3) is 0 Å². The summed E-state index contributed by atoms with van der Waals surface area (Å²) in [4.78, 5) is 20.6. The van der Waals surface area contributed by atoms with Gasteiger partial charge in [-0.2, -0.15) is 0 Å². The molecule has 0 rings (SSSR count). The van der Waals surface area contributed by atoms with Gasteiger partial charge in [0.2, 0.25) is 7.37 Å². The fraction of sp³-hybridized carbons (Fsp3) is 0.812. The molecule has 1 atom stereocenters. The highest BCUT2D eigenvalue weighted by molar-refractivity contribution is 7.57. The normalized spacial score (nSPS) is 13.6. The van der Waals surface area contributed by atoms with E-state index in [0.717, 1.165) is 38.2 Å². The van der Waals surface area contributed by atoms with E-state index in [-0.39, 0.29) is 0 Å². The second-order valence-electron chi connectivity index (χ2n) is 5.49. The summed E-state index contributed by atoms with van der Waals surface area (Å²) in [5.74, 6) is -0.411. The quantitative estimate of drug-likeness (QED) is 0.221. The molecule has 0 bridgehead atoms. The zero-order chi connectivity index (χ0) is 16.0. The van der Waals surface area contributed by atoms with E-state index < -0.39 is 13.3 Å². The average molecular weight is 318 g/mol. The molecule has 1 unspecified atom stereocenters. The van der Waals surface area contributed by atoms with Crippen molar-refractivity contribution in [1.82, 2.24) is 0 Å². The molecular weight excluding hydrogens is 287 g/mol. The smallest absolute Gasteiger partial charge is 0.330 e. The lowest BCUT2D eigenvalue weighted by Crippen LogP contribution is -2.02. The second kappa shape index (κ2) is 13.1. The van der Waals surface area contributed by atoms with Crippen LogP contribution in [0, 0.1) is 0 Å². The lowest BCUT2D eigenvalue weighted by molar-refractivity contribution is -0.137. The van der Waals surface area contributed by atoms with Crippen LogP contribution in [0.2, 0.25) is 0 Å². The number of ether oxygens (including phenoxy) is 1. The van der Waals surface area contributed by atoms with Crippen molar-refractivity contribution >= 4 is 13.3 Å². The predicted octanol–water partition coefficient (Wildman–Crippen LogP) is 4.52. The Morgan fingerprint density at radius 2 is 1.57 bits per heavy atom. The molecule has 0 aromatic heterocycles. The second-order valence-corrected chi connectivity index (χ2v) is 8.08. The molecule has 0 aliphatic carbocycles. The number of rotatable bonds is 14. The number of carbonyl (C=O) groups excluding carboxylic acids is 1. The molecule has 1 N–H and O–H groups in total. The van der Waals surface area contributed by atoms with Gasteiger partial charge in [-0.25, -0.2) is 4.79 Å². The summed E-state index contributed by atoms with van der Waals surface area (Å²) in [6.07, 6.45) is 11.0. The van der Waals surface area contributed by atoms with Gasteiger partial charge in [0.25, 0.3) is 0 Å². The molecule has 0 aromatic rings. The molecule has 0 aliphatic heterocycles. The van der Waals surface area contributed by atoms with Crippen LogP contribution in [-0.4, -0.2) is 29.8 Å². The zero-order valence-electron chi connectivity index (χ0n) is 13.4. The number of unbranched alkanes of at least 4 members (excludes halogenated alkanes) is 7. The monoisotopic (exact) mass is 318 g/mol. The Labute approximate surface area is 129 Å². The van der Waals surface area contributed by atoms with E-state index in [9.17, 15) is 14.3 Å². The van der Waals surface area contributed by atoms with E-state index in [1.807, 2.05) is 0 Å². The van der Waals surface area contributed by atoms with Gasteiger partial charge in [0.1, 0.15) is 0 Å². The fourth-order valence-electron chi connectivity index (χ4n) is 2.12. The molecule has 0 saturated carbocycles. The highest BCUT2D eigenvalue weighted by atomic mass is 31.2. The summed E-state index contributed by atoms with van der Waals surface area (Å²) in [7, 11) is -2.95. The van der Waals surface area contributed by atoms with Gasteiger partial charge in [0.05, 0.1) is 6.61 Å². The standard InChI is InChI=1S/C16H31O4P/c1-3-5-6-7-8-11-14-21(18,19)15-12-9-10-13-20-16(17)4-2/h4H,2-3,5-15H2,1H3,(H,18,19). The van der Waals surface area contributed by atoms with E-state index in [2.05, 4.69) is 13.5 Å². The van der Waals surface area contributed by atoms with Crippen LogP contribution < -0.4 is 0 Å². The Hall–Kier alpha value is -0.600. The summed E-state index contributed by atoms with van der Waals surface area (Å²) in [6, 6.07) is 0.